The van der Waals surface area contributed by atoms with Gasteiger partial charge < -0.3 is 14.6 Å². The molecule has 114 valence electrons. The van der Waals surface area contributed by atoms with Gasteiger partial charge in [-0.3, -0.25) is 4.90 Å². The SMILES string of the molecule is CCN(C(=O)OCc1ccc(OC)cc1)C1(C(=O)O)CC1. The van der Waals surface area contributed by atoms with Crippen LogP contribution in [0.3, 0.4) is 0 Å². The molecule has 0 spiro atoms. The highest BCUT2D eigenvalue weighted by molar-refractivity contribution is 5.87. The molecule has 0 saturated heterocycles. The number of likely N-dealkylation sites (N-methyl/N-ethyl adjacent to an activating group) is 1. The number of carboxylic acids is 1. The standard InChI is InChI=1S/C15H19NO5/c1-3-16(15(8-9-15)13(17)18)14(19)21-10-11-4-6-12(20-2)7-5-11/h4-7H,3,8-10H2,1-2H3,(H,17,18). The van der Waals surface area contributed by atoms with Crippen molar-refractivity contribution in [3.05, 3.63) is 29.8 Å². The normalized spacial score (nSPS) is 15.1. The first kappa shape index (κ1) is 15.2. The quantitative estimate of drug-likeness (QED) is 0.870. The molecule has 0 heterocycles. The first-order valence-corrected chi connectivity index (χ1v) is 6.84. The molecule has 1 saturated carbocycles. The maximum absolute atomic E-state index is 12.1. The Balaban J connectivity index is 1.95. The zero-order chi connectivity index (χ0) is 15.5. The van der Waals surface area contributed by atoms with Crippen LogP contribution in [-0.2, 0) is 16.1 Å². The fourth-order valence-electron chi connectivity index (χ4n) is 2.27. The molecular formula is C15H19NO5. The average Bonchev–Trinajstić information content (AvgIpc) is 3.28. The molecule has 1 aliphatic carbocycles. The number of aliphatic carboxylic acids is 1. The molecule has 6 heteroatoms. The van der Waals surface area contributed by atoms with Gasteiger partial charge >= 0.3 is 12.1 Å². The smallest absolute Gasteiger partial charge is 0.411 e. The zero-order valence-corrected chi connectivity index (χ0v) is 12.2. The Morgan fingerprint density at radius 3 is 2.33 bits per heavy atom. The maximum atomic E-state index is 12.1. The molecule has 1 aromatic rings. The van der Waals surface area contributed by atoms with Gasteiger partial charge in [0.1, 0.15) is 17.9 Å². The van der Waals surface area contributed by atoms with Gasteiger partial charge in [-0.05, 0) is 37.5 Å². The predicted molar refractivity (Wildman–Crippen MR) is 75.2 cm³/mol. The van der Waals surface area contributed by atoms with E-state index in [1.807, 2.05) is 0 Å². The summed E-state index contributed by atoms with van der Waals surface area (Å²) in [4.78, 5) is 24.6. The minimum absolute atomic E-state index is 0.106. The Morgan fingerprint density at radius 1 is 1.29 bits per heavy atom. The maximum Gasteiger partial charge on any atom is 0.411 e. The van der Waals surface area contributed by atoms with Gasteiger partial charge in [0.2, 0.25) is 0 Å². The first-order chi connectivity index (χ1) is 10.0. The zero-order valence-electron chi connectivity index (χ0n) is 12.2. The van der Waals surface area contributed by atoms with Crippen molar-refractivity contribution in [2.24, 2.45) is 0 Å². The highest BCUT2D eigenvalue weighted by atomic mass is 16.6. The molecule has 0 aromatic heterocycles. The lowest BCUT2D eigenvalue weighted by molar-refractivity contribution is -0.144. The second kappa shape index (κ2) is 6.03. The number of rotatable bonds is 6. The third-order valence-corrected chi connectivity index (χ3v) is 3.70. The summed E-state index contributed by atoms with van der Waals surface area (Å²) in [5.74, 6) is -0.242. The average molecular weight is 293 g/mol. The lowest BCUT2D eigenvalue weighted by Gasteiger charge is -2.26. The van der Waals surface area contributed by atoms with Crippen LogP contribution in [0.2, 0.25) is 0 Å². The van der Waals surface area contributed by atoms with Crippen molar-refractivity contribution in [3.8, 4) is 5.75 Å². The van der Waals surface area contributed by atoms with Gasteiger partial charge in [0.15, 0.2) is 0 Å². The van der Waals surface area contributed by atoms with E-state index in [4.69, 9.17) is 9.47 Å². The molecule has 0 bridgehead atoms. The van der Waals surface area contributed by atoms with Crippen LogP contribution in [0.5, 0.6) is 5.75 Å². The van der Waals surface area contributed by atoms with Crippen LogP contribution < -0.4 is 4.74 Å². The summed E-state index contributed by atoms with van der Waals surface area (Å²) >= 11 is 0. The molecule has 0 atom stereocenters. The van der Waals surface area contributed by atoms with Crippen molar-refractivity contribution in [1.82, 2.24) is 4.90 Å². The lowest BCUT2D eigenvalue weighted by Crippen LogP contribution is -2.47. The second-order valence-corrected chi connectivity index (χ2v) is 4.98. The molecule has 1 amide bonds. The highest BCUT2D eigenvalue weighted by Gasteiger charge is 2.57. The summed E-state index contributed by atoms with van der Waals surface area (Å²) < 4.78 is 10.3. The molecule has 0 unspecified atom stereocenters. The van der Waals surface area contributed by atoms with E-state index in [0.29, 0.717) is 19.4 Å². The molecular weight excluding hydrogens is 274 g/mol. The Morgan fingerprint density at radius 2 is 1.90 bits per heavy atom. The van der Waals surface area contributed by atoms with Crippen LogP contribution >= 0.6 is 0 Å². The van der Waals surface area contributed by atoms with Crippen molar-refractivity contribution in [3.63, 3.8) is 0 Å². The van der Waals surface area contributed by atoms with E-state index in [1.165, 1.54) is 4.90 Å². The van der Waals surface area contributed by atoms with E-state index in [0.717, 1.165) is 11.3 Å². The van der Waals surface area contributed by atoms with Crippen molar-refractivity contribution in [1.29, 1.82) is 0 Å². The highest BCUT2D eigenvalue weighted by Crippen LogP contribution is 2.42. The fourth-order valence-corrected chi connectivity index (χ4v) is 2.27. The molecule has 0 aliphatic heterocycles. The number of ether oxygens (including phenoxy) is 2. The summed E-state index contributed by atoms with van der Waals surface area (Å²) in [6.45, 7) is 2.17. The molecule has 1 aromatic carbocycles. The minimum atomic E-state index is -1.06. The number of methoxy groups -OCH3 is 1. The van der Waals surface area contributed by atoms with Crippen molar-refractivity contribution in [2.45, 2.75) is 31.9 Å². The van der Waals surface area contributed by atoms with Crippen LogP contribution in [0, 0.1) is 0 Å². The second-order valence-electron chi connectivity index (χ2n) is 4.98. The van der Waals surface area contributed by atoms with Gasteiger partial charge in [0.25, 0.3) is 0 Å². The van der Waals surface area contributed by atoms with Gasteiger partial charge in [0.05, 0.1) is 7.11 Å². The van der Waals surface area contributed by atoms with Crippen LogP contribution in [-0.4, -0.2) is 41.3 Å². The molecule has 1 N–H and O–H groups in total. The summed E-state index contributed by atoms with van der Waals surface area (Å²) in [6, 6.07) is 7.15. The number of nitrogens with zero attached hydrogens (tertiary/aromatic N) is 1. The van der Waals surface area contributed by atoms with E-state index in [-0.39, 0.29) is 6.61 Å². The molecule has 21 heavy (non-hydrogen) atoms. The number of benzene rings is 1. The third kappa shape index (κ3) is 3.09. The van der Waals surface area contributed by atoms with Gasteiger partial charge in [-0.15, -0.1) is 0 Å². The van der Waals surface area contributed by atoms with Gasteiger partial charge in [-0.25, -0.2) is 9.59 Å². The first-order valence-electron chi connectivity index (χ1n) is 6.84. The number of hydrogen-bond acceptors (Lipinski definition) is 4. The van der Waals surface area contributed by atoms with E-state index < -0.39 is 17.6 Å². The van der Waals surface area contributed by atoms with Crippen LogP contribution in [0.4, 0.5) is 4.79 Å². The number of amides is 1. The van der Waals surface area contributed by atoms with E-state index in [1.54, 1.807) is 38.3 Å². The molecule has 2 rings (SSSR count). The molecule has 1 fully saturated rings. The Bertz CT molecular complexity index is 521. The van der Waals surface area contributed by atoms with Crippen molar-refractivity contribution < 1.29 is 24.2 Å². The number of hydrogen-bond donors (Lipinski definition) is 1. The van der Waals surface area contributed by atoms with Crippen molar-refractivity contribution in [2.75, 3.05) is 13.7 Å². The van der Waals surface area contributed by atoms with E-state index in [9.17, 15) is 14.7 Å². The molecule has 0 radical (unpaired) electrons. The lowest BCUT2D eigenvalue weighted by atomic mass is 10.2. The van der Waals surface area contributed by atoms with Crippen LogP contribution in [0.25, 0.3) is 0 Å². The van der Waals surface area contributed by atoms with Crippen LogP contribution in [0.15, 0.2) is 24.3 Å². The number of carbonyl (C=O) groups excluding carboxylic acids is 1. The fraction of sp³-hybridized carbons (Fsp3) is 0.467. The van der Waals surface area contributed by atoms with Gasteiger partial charge in [0, 0.05) is 6.54 Å². The Labute approximate surface area is 123 Å². The van der Waals surface area contributed by atoms with Crippen LogP contribution in [0.1, 0.15) is 25.3 Å². The van der Waals surface area contributed by atoms with Gasteiger partial charge in [-0.2, -0.15) is 0 Å². The summed E-state index contributed by atoms with van der Waals surface area (Å²) in [5.41, 5.74) is -0.244. The monoisotopic (exact) mass is 293 g/mol. The largest absolute Gasteiger partial charge is 0.497 e. The summed E-state index contributed by atoms with van der Waals surface area (Å²) in [6.07, 6.45) is 0.370. The van der Waals surface area contributed by atoms with E-state index >= 15 is 0 Å². The molecule has 1 aliphatic rings. The third-order valence-electron chi connectivity index (χ3n) is 3.70. The summed E-state index contributed by atoms with van der Waals surface area (Å²) in [7, 11) is 1.58. The Kier molecular flexibility index (Phi) is 4.35. The predicted octanol–water partition coefficient (Wildman–Crippen LogP) is 2.27. The summed E-state index contributed by atoms with van der Waals surface area (Å²) in [5, 5.41) is 9.23. The van der Waals surface area contributed by atoms with Gasteiger partial charge in [-0.1, -0.05) is 12.1 Å². The minimum Gasteiger partial charge on any atom is -0.497 e. The number of carbonyl (C=O) groups is 2. The van der Waals surface area contributed by atoms with Crippen molar-refractivity contribution >= 4 is 12.1 Å². The van der Waals surface area contributed by atoms with E-state index in [2.05, 4.69) is 0 Å². The Hall–Kier alpha value is -2.24. The number of carboxylic acid groups (broad SMARTS) is 1. The molecule has 6 nitrogen and oxygen atoms in total. The topological polar surface area (TPSA) is 76.1 Å².